The molecule has 0 spiro atoms. The third kappa shape index (κ3) is 2.93. The van der Waals surface area contributed by atoms with E-state index in [1.165, 1.54) is 0 Å². The van der Waals surface area contributed by atoms with Crippen LogP contribution in [0.2, 0.25) is 0 Å². The number of aryl methyl sites for hydroxylation is 1. The normalized spacial score (nSPS) is 10.0. The van der Waals surface area contributed by atoms with Gasteiger partial charge in [0, 0.05) is 18.1 Å². The van der Waals surface area contributed by atoms with Crippen LogP contribution in [-0.4, -0.2) is 17.1 Å². The van der Waals surface area contributed by atoms with Gasteiger partial charge in [-0.15, -0.1) is 0 Å². The maximum Gasteiger partial charge on any atom is 0.147 e. The Kier molecular flexibility index (Phi) is 3.55. The topological polar surface area (TPSA) is 47.0 Å². The number of rotatable bonds is 4. The van der Waals surface area contributed by atoms with Crippen molar-refractivity contribution in [2.24, 2.45) is 0 Å². The lowest BCUT2D eigenvalue weighted by atomic mass is 10.2. The number of anilines is 1. The molecule has 88 valence electrons. The summed E-state index contributed by atoms with van der Waals surface area (Å²) in [5.74, 6) is 1.67. The molecule has 0 aliphatic heterocycles. The summed E-state index contributed by atoms with van der Waals surface area (Å²) in [5.41, 5.74) is 2.14. The number of nitrogens with zero attached hydrogens (tertiary/aromatic N) is 2. The van der Waals surface area contributed by atoms with Crippen LogP contribution >= 0.6 is 0 Å². The highest BCUT2D eigenvalue weighted by Gasteiger charge is 2.00. The standard InChI is InChI=1S/C13H15N3O/c1-10-8-11(4-5-12(10)17-2)16-9-13-14-6-3-7-15-13/h3-8,16H,9H2,1-2H3. The Morgan fingerprint density at radius 2 is 2.00 bits per heavy atom. The smallest absolute Gasteiger partial charge is 0.147 e. The molecule has 1 aromatic heterocycles. The van der Waals surface area contributed by atoms with Gasteiger partial charge in [-0.3, -0.25) is 0 Å². The highest BCUT2D eigenvalue weighted by molar-refractivity contribution is 5.50. The van der Waals surface area contributed by atoms with Crippen LogP contribution in [0, 0.1) is 6.92 Å². The molecule has 0 saturated heterocycles. The zero-order valence-corrected chi connectivity index (χ0v) is 9.97. The van der Waals surface area contributed by atoms with E-state index >= 15 is 0 Å². The molecule has 0 amide bonds. The molecule has 17 heavy (non-hydrogen) atoms. The minimum absolute atomic E-state index is 0.618. The molecule has 1 N–H and O–H groups in total. The van der Waals surface area contributed by atoms with Crippen molar-refractivity contribution in [3.63, 3.8) is 0 Å². The summed E-state index contributed by atoms with van der Waals surface area (Å²) in [4.78, 5) is 8.30. The Balaban J connectivity index is 2.02. The lowest BCUT2D eigenvalue weighted by Crippen LogP contribution is -2.03. The first kappa shape index (κ1) is 11.4. The maximum atomic E-state index is 5.21. The van der Waals surface area contributed by atoms with E-state index in [1.54, 1.807) is 25.6 Å². The lowest BCUT2D eigenvalue weighted by molar-refractivity contribution is 0.412. The molecule has 0 fully saturated rings. The van der Waals surface area contributed by atoms with Gasteiger partial charge in [-0.05, 0) is 36.8 Å². The SMILES string of the molecule is COc1ccc(NCc2ncccn2)cc1C. The number of benzene rings is 1. The van der Waals surface area contributed by atoms with Gasteiger partial charge in [0.1, 0.15) is 11.6 Å². The average molecular weight is 229 g/mol. The Morgan fingerprint density at radius 1 is 1.24 bits per heavy atom. The van der Waals surface area contributed by atoms with Gasteiger partial charge in [-0.2, -0.15) is 0 Å². The van der Waals surface area contributed by atoms with Crippen LogP contribution in [-0.2, 0) is 6.54 Å². The molecule has 0 bridgehead atoms. The molecule has 4 heteroatoms. The van der Waals surface area contributed by atoms with E-state index in [2.05, 4.69) is 15.3 Å². The summed E-state index contributed by atoms with van der Waals surface area (Å²) in [5, 5.41) is 3.27. The zero-order valence-electron chi connectivity index (χ0n) is 9.97. The Bertz CT molecular complexity index is 485. The molecule has 0 unspecified atom stereocenters. The predicted molar refractivity (Wildman–Crippen MR) is 67.1 cm³/mol. The molecule has 2 rings (SSSR count). The number of hydrogen-bond acceptors (Lipinski definition) is 4. The first-order chi connectivity index (χ1) is 8.29. The van der Waals surface area contributed by atoms with E-state index in [0.29, 0.717) is 6.54 Å². The highest BCUT2D eigenvalue weighted by Crippen LogP contribution is 2.21. The van der Waals surface area contributed by atoms with E-state index in [-0.39, 0.29) is 0 Å². The minimum Gasteiger partial charge on any atom is -0.496 e. The van der Waals surface area contributed by atoms with Gasteiger partial charge < -0.3 is 10.1 Å². The van der Waals surface area contributed by atoms with Crippen molar-refractivity contribution in [2.45, 2.75) is 13.5 Å². The van der Waals surface area contributed by atoms with E-state index in [4.69, 9.17) is 4.74 Å². The largest absolute Gasteiger partial charge is 0.496 e. The number of methoxy groups -OCH3 is 1. The highest BCUT2D eigenvalue weighted by atomic mass is 16.5. The van der Waals surface area contributed by atoms with Crippen molar-refractivity contribution in [3.05, 3.63) is 48.0 Å². The number of hydrogen-bond donors (Lipinski definition) is 1. The van der Waals surface area contributed by atoms with Gasteiger partial charge in [0.25, 0.3) is 0 Å². The van der Waals surface area contributed by atoms with Crippen LogP contribution in [0.5, 0.6) is 5.75 Å². The Labute approximate surface area is 101 Å². The lowest BCUT2D eigenvalue weighted by Gasteiger charge is -2.09. The third-order valence-electron chi connectivity index (χ3n) is 2.46. The Morgan fingerprint density at radius 3 is 2.65 bits per heavy atom. The predicted octanol–water partition coefficient (Wildman–Crippen LogP) is 2.41. The summed E-state index contributed by atoms with van der Waals surface area (Å²) in [6.07, 6.45) is 3.48. The second kappa shape index (κ2) is 5.30. The summed E-state index contributed by atoms with van der Waals surface area (Å²) < 4.78 is 5.21. The first-order valence-electron chi connectivity index (χ1n) is 5.44. The van der Waals surface area contributed by atoms with Gasteiger partial charge in [-0.1, -0.05) is 0 Å². The van der Waals surface area contributed by atoms with Crippen LogP contribution in [0.3, 0.4) is 0 Å². The molecule has 0 aliphatic carbocycles. The zero-order chi connectivity index (χ0) is 12.1. The van der Waals surface area contributed by atoms with Crippen LogP contribution in [0.1, 0.15) is 11.4 Å². The molecule has 2 aromatic rings. The maximum absolute atomic E-state index is 5.21. The molecule has 0 radical (unpaired) electrons. The summed E-state index contributed by atoms with van der Waals surface area (Å²) in [6, 6.07) is 7.78. The van der Waals surface area contributed by atoms with Crippen molar-refractivity contribution in [1.29, 1.82) is 0 Å². The van der Waals surface area contributed by atoms with Crippen LogP contribution in [0.15, 0.2) is 36.7 Å². The van der Waals surface area contributed by atoms with Crippen LogP contribution in [0.25, 0.3) is 0 Å². The summed E-state index contributed by atoms with van der Waals surface area (Å²) in [7, 11) is 1.67. The fourth-order valence-corrected chi connectivity index (χ4v) is 1.59. The molecule has 1 heterocycles. The van der Waals surface area contributed by atoms with Gasteiger partial charge >= 0.3 is 0 Å². The summed E-state index contributed by atoms with van der Waals surface area (Å²) >= 11 is 0. The van der Waals surface area contributed by atoms with Gasteiger partial charge in [-0.25, -0.2) is 9.97 Å². The van der Waals surface area contributed by atoms with Crippen molar-refractivity contribution in [3.8, 4) is 5.75 Å². The molecule has 1 aromatic carbocycles. The number of ether oxygens (including phenoxy) is 1. The summed E-state index contributed by atoms with van der Waals surface area (Å²) in [6.45, 7) is 2.63. The molecular formula is C13H15N3O. The van der Waals surface area contributed by atoms with Crippen molar-refractivity contribution >= 4 is 5.69 Å². The second-order valence-corrected chi connectivity index (χ2v) is 3.70. The molecule has 4 nitrogen and oxygen atoms in total. The van der Waals surface area contributed by atoms with E-state index in [0.717, 1.165) is 22.8 Å². The fraction of sp³-hybridized carbons (Fsp3) is 0.231. The van der Waals surface area contributed by atoms with Gasteiger partial charge in [0.05, 0.1) is 13.7 Å². The third-order valence-corrected chi connectivity index (χ3v) is 2.46. The first-order valence-corrected chi connectivity index (χ1v) is 5.44. The van der Waals surface area contributed by atoms with Crippen molar-refractivity contribution in [2.75, 3.05) is 12.4 Å². The van der Waals surface area contributed by atoms with Gasteiger partial charge in [0.2, 0.25) is 0 Å². The minimum atomic E-state index is 0.618. The van der Waals surface area contributed by atoms with E-state index < -0.39 is 0 Å². The molecule has 0 aliphatic rings. The molecule has 0 saturated carbocycles. The molecular weight excluding hydrogens is 214 g/mol. The van der Waals surface area contributed by atoms with Gasteiger partial charge in [0.15, 0.2) is 0 Å². The average Bonchev–Trinajstić information content (AvgIpc) is 2.38. The van der Waals surface area contributed by atoms with E-state index in [1.807, 2.05) is 25.1 Å². The molecule has 0 atom stereocenters. The monoisotopic (exact) mass is 229 g/mol. The van der Waals surface area contributed by atoms with E-state index in [9.17, 15) is 0 Å². The fourth-order valence-electron chi connectivity index (χ4n) is 1.59. The van der Waals surface area contributed by atoms with Crippen LogP contribution < -0.4 is 10.1 Å². The quantitative estimate of drug-likeness (QED) is 0.874. The second-order valence-electron chi connectivity index (χ2n) is 3.70. The number of nitrogens with one attached hydrogen (secondary N) is 1. The van der Waals surface area contributed by atoms with Crippen molar-refractivity contribution in [1.82, 2.24) is 9.97 Å². The Hall–Kier alpha value is -2.10. The number of aromatic nitrogens is 2. The van der Waals surface area contributed by atoms with Crippen LogP contribution in [0.4, 0.5) is 5.69 Å². The van der Waals surface area contributed by atoms with Crippen molar-refractivity contribution < 1.29 is 4.74 Å².